The first-order valence-corrected chi connectivity index (χ1v) is 8.53. The van der Waals surface area contributed by atoms with Crippen LogP contribution in [0.2, 0.25) is 0 Å². The van der Waals surface area contributed by atoms with Gasteiger partial charge in [0, 0.05) is 23.9 Å². The largest absolute Gasteiger partial charge is 0.383 e. The number of anilines is 3. The van der Waals surface area contributed by atoms with Gasteiger partial charge in [0.1, 0.15) is 11.6 Å². The number of hydrogen-bond acceptors (Lipinski definition) is 6. The SMILES string of the molecule is Nc1cc(N)nc(SCCC(=O)Nc2ccc3c(c2)CCC3)n1. The summed E-state index contributed by atoms with van der Waals surface area (Å²) in [6.45, 7) is 0. The molecule has 7 heteroatoms. The highest BCUT2D eigenvalue weighted by atomic mass is 32.2. The monoisotopic (exact) mass is 329 g/mol. The average Bonchev–Trinajstić information content (AvgIpc) is 2.93. The number of fused-ring (bicyclic) bond motifs is 1. The van der Waals surface area contributed by atoms with Crippen LogP contribution in [0.25, 0.3) is 0 Å². The van der Waals surface area contributed by atoms with E-state index in [9.17, 15) is 4.79 Å². The number of benzene rings is 1. The van der Waals surface area contributed by atoms with Crippen LogP contribution in [-0.4, -0.2) is 21.6 Å². The summed E-state index contributed by atoms with van der Waals surface area (Å²) < 4.78 is 0. The Kier molecular flexibility index (Phi) is 4.66. The van der Waals surface area contributed by atoms with Gasteiger partial charge < -0.3 is 16.8 Å². The van der Waals surface area contributed by atoms with Crippen molar-refractivity contribution in [3.8, 4) is 0 Å². The third-order valence-corrected chi connectivity index (χ3v) is 4.54. The number of amides is 1. The van der Waals surface area contributed by atoms with Gasteiger partial charge in [-0.2, -0.15) is 0 Å². The van der Waals surface area contributed by atoms with Crippen molar-refractivity contribution < 1.29 is 4.79 Å². The molecule has 0 bridgehead atoms. The molecule has 0 saturated carbocycles. The van der Waals surface area contributed by atoms with Gasteiger partial charge in [0.05, 0.1) is 0 Å². The standard InChI is InChI=1S/C16H19N5OS/c17-13-9-14(18)21-16(20-13)23-7-6-15(22)19-12-5-4-10-2-1-3-11(10)8-12/h4-5,8-9H,1-3,6-7H2,(H,19,22)(H4,17,18,20,21). The molecule has 0 atom stereocenters. The van der Waals surface area contributed by atoms with Crippen LogP contribution in [0.1, 0.15) is 24.0 Å². The molecular formula is C16H19N5OS. The lowest BCUT2D eigenvalue weighted by molar-refractivity contribution is -0.115. The minimum atomic E-state index is -0.0210. The predicted molar refractivity (Wildman–Crippen MR) is 93.3 cm³/mol. The van der Waals surface area contributed by atoms with Gasteiger partial charge in [0.25, 0.3) is 0 Å². The molecule has 6 nitrogen and oxygen atoms in total. The Morgan fingerprint density at radius 2 is 1.87 bits per heavy atom. The van der Waals surface area contributed by atoms with E-state index in [1.807, 2.05) is 6.07 Å². The van der Waals surface area contributed by atoms with Gasteiger partial charge >= 0.3 is 0 Å². The fourth-order valence-electron chi connectivity index (χ4n) is 2.63. The first kappa shape index (κ1) is 15.6. The van der Waals surface area contributed by atoms with Gasteiger partial charge in [-0.25, -0.2) is 9.97 Å². The second-order valence-electron chi connectivity index (χ2n) is 5.48. The lowest BCUT2D eigenvalue weighted by atomic mass is 10.1. The van der Waals surface area contributed by atoms with Crippen molar-refractivity contribution in [1.82, 2.24) is 9.97 Å². The highest BCUT2D eigenvalue weighted by molar-refractivity contribution is 7.99. The zero-order valence-electron chi connectivity index (χ0n) is 12.7. The topological polar surface area (TPSA) is 107 Å². The van der Waals surface area contributed by atoms with Gasteiger partial charge in [0.15, 0.2) is 5.16 Å². The molecular weight excluding hydrogens is 310 g/mol. The molecule has 120 valence electrons. The average molecular weight is 329 g/mol. The fourth-order valence-corrected chi connectivity index (χ4v) is 3.44. The molecule has 0 fully saturated rings. The third kappa shape index (κ3) is 4.13. The van der Waals surface area contributed by atoms with Crippen molar-refractivity contribution in [2.24, 2.45) is 0 Å². The van der Waals surface area contributed by atoms with Crippen LogP contribution in [0.4, 0.5) is 17.3 Å². The lowest BCUT2D eigenvalue weighted by Crippen LogP contribution is -2.12. The van der Waals surface area contributed by atoms with Gasteiger partial charge in [-0.15, -0.1) is 0 Å². The summed E-state index contributed by atoms with van der Waals surface area (Å²) in [5.41, 5.74) is 14.8. The second-order valence-corrected chi connectivity index (χ2v) is 6.55. The molecule has 1 heterocycles. The number of nitrogens with two attached hydrogens (primary N) is 2. The van der Waals surface area contributed by atoms with E-state index in [4.69, 9.17) is 11.5 Å². The minimum Gasteiger partial charge on any atom is -0.383 e. The molecule has 1 aromatic carbocycles. The number of aromatic nitrogens is 2. The molecule has 0 radical (unpaired) electrons. The summed E-state index contributed by atoms with van der Waals surface area (Å²) in [4.78, 5) is 20.2. The molecule has 0 aliphatic heterocycles. The van der Waals surface area contributed by atoms with Gasteiger partial charge in [-0.3, -0.25) is 4.79 Å². The molecule has 0 saturated heterocycles. The molecule has 23 heavy (non-hydrogen) atoms. The van der Waals surface area contributed by atoms with Crippen LogP contribution >= 0.6 is 11.8 Å². The number of carbonyl (C=O) groups excluding carboxylic acids is 1. The first-order valence-electron chi connectivity index (χ1n) is 7.54. The van der Waals surface area contributed by atoms with Gasteiger partial charge in [0.2, 0.25) is 5.91 Å². The summed E-state index contributed by atoms with van der Waals surface area (Å²) in [5, 5.41) is 3.43. The summed E-state index contributed by atoms with van der Waals surface area (Å²) in [6.07, 6.45) is 3.82. The van der Waals surface area contributed by atoms with E-state index in [1.165, 1.54) is 35.4 Å². The normalized spacial score (nSPS) is 12.9. The number of hydrogen-bond donors (Lipinski definition) is 3. The summed E-state index contributed by atoms with van der Waals surface area (Å²) in [5.74, 6) is 1.22. The highest BCUT2D eigenvalue weighted by Crippen LogP contribution is 2.25. The van der Waals surface area contributed by atoms with E-state index in [0.29, 0.717) is 29.0 Å². The van der Waals surface area contributed by atoms with Crippen molar-refractivity contribution in [2.45, 2.75) is 30.8 Å². The molecule has 0 unspecified atom stereocenters. The number of thioether (sulfide) groups is 1. The molecule has 1 amide bonds. The van der Waals surface area contributed by atoms with E-state index < -0.39 is 0 Å². The van der Waals surface area contributed by atoms with Gasteiger partial charge in [-0.05, 0) is 42.5 Å². The Balaban J connectivity index is 1.50. The molecule has 1 aromatic heterocycles. The zero-order chi connectivity index (χ0) is 16.2. The lowest BCUT2D eigenvalue weighted by Gasteiger charge is -2.07. The number of nitrogens with zero attached hydrogens (tertiary/aromatic N) is 2. The van der Waals surface area contributed by atoms with Crippen molar-refractivity contribution in [3.05, 3.63) is 35.4 Å². The quantitative estimate of drug-likeness (QED) is 0.574. The van der Waals surface area contributed by atoms with Crippen molar-refractivity contribution in [1.29, 1.82) is 0 Å². The van der Waals surface area contributed by atoms with Crippen molar-refractivity contribution >= 4 is 35.0 Å². The predicted octanol–water partition coefficient (Wildman–Crippen LogP) is 2.25. The van der Waals surface area contributed by atoms with Crippen LogP contribution < -0.4 is 16.8 Å². The molecule has 2 aromatic rings. The summed E-state index contributed by atoms with van der Waals surface area (Å²) >= 11 is 1.36. The van der Waals surface area contributed by atoms with Crippen LogP contribution in [0.15, 0.2) is 29.4 Å². The molecule has 1 aliphatic rings. The second kappa shape index (κ2) is 6.87. The molecule has 5 N–H and O–H groups in total. The maximum absolute atomic E-state index is 12.0. The summed E-state index contributed by atoms with van der Waals surface area (Å²) in [6, 6.07) is 7.66. The zero-order valence-corrected chi connectivity index (χ0v) is 13.5. The van der Waals surface area contributed by atoms with Crippen LogP contribution in [0.5, 0.6) is 0 Å². The summed E-state index contributed by atoms with van der Waals surface area (Å²) in [7, 11) is 0. The Bertz CT molecular complexity index is 714. The van der Waals surface area contributed by atoms with Crippen molar-refractivity contribution in [2.75, 3.05) is 22.5 Å². The fraction of sp³-hybridized carbons (Fsp3) is 0.312. The molecule has 0 spiro atoms. The minimum absolute atomic E-state index is 0.0210. The van der Waals surface area contributed by atoms with Crippen LogP contribution in [-0.2, 0) is 17.6 Å². The van der Waals surface area contributed by atoms with Crippen LogP contribution in [0, 0.1) is 0 Å². The Hall–Kier alpha value is -2.28. The molecule has 3 rings (SSSR count). The third-order valence-electron chi connectivity index (χ3n) is 3.69. The number of aryl methyl sites for hydroxylation is 2. The Morgan fingerprint density at radius 1 is 1.13 bits per heavy atom. The van der Waals surface area contributed by atoms with Crippen molar-refractivity contribution in [3.63, 3.8) is 0 Å². The number of rotatable bonds is 5. The smallest absolute Gasteiger partial charge is 0.225 e. The number of carbonyl (C=O) groups is 1. The Labute approximate surface area is 139 Å². The van der Waals surface area contributed by atoms with E-state index >= 15 is 0 Å². The Morgan fingerprint density at radius 3 is 2.65 bits per heavy atom. The van der Waals surface area contributed by atoms with Gasteiger partial charge in [-0.1, -0.05) is 17.8 Å². The highest BCUT2D eigenvalue weighted by Gasteiger charge is 2.12. The number of nitrogen functional groups attached to an aromatic ring is 2. The van der Waals surface area contributed by atoms with E-state index in [-0.39, 0.29) is 5.91 Å². The maximum Gasteiger partial charge on any atom is 0.225 e. The maximum atomic E-state index is 12.0. The van der Waals surface area contributed by atoms with Crippen LogP contribution in [0.3, 0.4) is 0 Å². The van der Waals surface area contributed by atoms with E-state index in [2.05, 4.69) is 27.4 Å². The first-order chi connectivity index (χ1) is 11.1. The van der Waals surface area contributed by atoms with E-state index in [0.717, 1.165) is 18.5 Å². The number of nitrogens with one attached hydrogen (secondary N) is 1. The van der Waals surface area contributed by atoms with E-state index in [1.54, 1.807) is 0 Å². The molecule has 1 aliphatic carbocycles.